The van der Waals surface area contributed by atoms with E-state index in [9.17, 15) is 14.9 Å². The van der Waals surface area contributed by atoms with Crippen LogP contribution in [0.2, 0.25) is 0 Å². The number of hydrogen-bond donors (Lipinski definition) is 1. The summed E-state index contributed by atoms with van der Waals surface area (Å²) in [5.74, 6) is -0.211. The first-order valence-corrected chi connectivity index (χ1v) is 11.9. The average Bonchev–Trinajstić information content (AvgIpc) is 3.20. The molecule has 174 valence electrons. The van der Waals surface area contributed by atoms with Gasteiger partial charge in [0.05, 0.1) is 18.7 Å². The molecule has 4 rings (SSSR count). The molecule has 9 heteroatoms. The molecule has 0 radical (unpaired) electrons. The third-order valence-corrected chi connectivity index (χ3v) is 6.81. The van der Waals surface area contributed by atoms with E-state index in [1.165, 1.54) is 11.3 Å². The molecule has 0 spiro atoms. The highest BCUT2D eigenvalue weighted by molar-refractivity contribution is 7.16. The first-order chi connectivity index (χ1) is 16.5. The van der Waals surface area contributed by atoms with Crippen LogP contribution in [0.15, 0.2) is 48.8 Å². The Labute approximate surface area is 202 Å². The Morgan fingerprint density at radius 2 is 2.03 bits per heavy atom. The molecule has 0 unspecified atom stereocenters. The zero-order chi connectivity index (χ0) is 23.9. The van der Waals surface area contributed by atoms with E-state index in [0.717, 1.165) is 21.8 Å². The van der Waals surface area contributed by atoms with E-state index in [4.69, 9.17) is 4.74 Å². The SMILES string of the molecule is C[C@@H](CC(=O)Nc1sc2c(c1C#N)CCN(C(=O)OCCc1ccccn1)C2)c1ccccn1. The first kappa shape index (κ1) is 23.4. The second kappa shape index (κ2) is 10.9. The molecule has 0 saturated carbocycles. The van der Waals surface area contributed by atoms with Crippen molar-refractivity contribution >= 4 is 28.3 Å². The van der Waals surface area contributed by atoms with E-state index < -0.39 is 0 Å². The summed E-state index contributed by atoms with van der Waals surface area (Å²) < 4.78 is 5.43. The van der Waals surface area contributed by atoms with Gasteiger partial charge in [-0.15, -0.1) is 11.3 Å². The number of anilines is 1. The number of pyridine rings is 2. The molecular weight excluding hydrogens is 450 g/mol. The molecule has 1 aliphatic rings. The molecule has 8 nitrogen and oxygen atoms in total. The van der Waals surface area contributed by atoms with Crippen LogP contribution in [0.1, 0.15) is 46.7 Å². The maximum absolute atomic E-state index is 12.7. The molecule has 3 aromatic heterocycles. The molecule has 1 aliphatic heterocycles. The van der Waals surface area contributed by atoms with E-state index in [0.29, 0.717) is 36.5 Å². The van der Waals surface area contributed by atoms with Gasteiger partial charge in [0.1, 0.15) is 11.1 Å². The van der Waals surface area contributed by atoms with Crippen molar-refractivity contribution in [3.63, 3.8) is 0 Å². The normalized spacial score (nSPS) is 13.5. The van der Waals surface area contributed by atoms with Crippen molar-refractivity contribution in [1.82, 2.24) is 14.9 Å². The summed E-state index contributed by atoms with van der Waals surface area (Å²) in [5, 5.41) is 13.2. The number of nitrogens with one attached hydrogen (secondary N) is 1. The summed E-state index contributed by atoms with van der Waals surface area (Å²) in [5.41, 5.74) is 3.10. The minimum Gasteiger partial charge on any atom is -0.449 e. The van der Waals surface area contributed by atoms with Gasteiger partial charge in [-0.2, -0.15) is 5.26 Å². The number of carbonyl (C=O) groups is 2. The number of rotatable bonds is 7. The molecule has 0 aromatic carbocycles. The average molecular weight is 476 g/mol. The van der Waals surface area contributed by atoms with Crippen LogP contribution in [0.5, 0.6) is 0 Å². The highest BCUT2D eigenvalue weighted by atomic mass is 32.1. The molecule has 34 heavy (non-hydrogen) atoms. The number of fused-ring (bicyclic) bond motifs is 1. The number of carbonyl (C=O) groups excluding carboxylic acids is 2. The Morgan fingerprint density at radius 3 is 2.74 bits per heavy atom. The van der Waals surface area contributed by atoms with Crippen LogP contribution in [0, 0.1) is 11.3 Å². The van der Waals surface area contributed by atoms with Gasteiger partial charge < -0.3 is 15.0 Å². The van der Waals surface area contributed by atoms with E-state index in [1.807, 2.05) is 43.3 Å². The topological polar surface area (TPSA) is 108 Å². The molecular formula is C25H25N5O3S. The second-order valence-electron chi connectivity index (χ2n) is 8.08. The van der Waals surface area contributed by atoms with Gasteiger partial charge >= 0.3 is 6.09 Å². The minimum absolute atomic E-state index is 0.0438. The molecule has 2 amide bonds. The van der Waals surface area contributed by atoms with Gasteiger partial charge in [0.2, 0.25) is 5.91 Å². The molecule has 0 bridgehead atoms. The van der Waals surface area contributed by atoms with Crippen LogP contribution in [-0.4, -0.2) is 40.0 Å². The number of hydrogen-bond acceptors (Lipinski definition) is 7. The number of nitriles is 1. The van der Waals surface area contributed by atoms with E-state index >= 15 is 0 Å². The van der Waals surface area contributed by atoms with Crippen molar-refractivity contribution in [2.45, 2.75) is 38.6 Å². The summed E-state index contributed by atoms with van der Waals surface area (Å²) in [6, 6.07) is 13.5. The van der Waals surface area contributed by atoms with Gasteiger partial charge in [0.25, 0.3) is 0 Å². The third-order valence-electron chi connectivity index (χ3n) is 5.67. The summed E-state index contributed by atoms with van der Waals surface area (Å²) in [6.45, 7) is 3.02. The molecule has 3 aromatic rings. The largest absolute Gasteiger partial charge is 0.449 e. The Hall–Kier alpha value is -3.77. The van der Waals surface area contributed by atoms with Gasteiger partial charge in [-0.05, 0) is 36.2 Å². The van der Waals surface area contributed by atoms with Crippen LogP contribution in [0.25, 0.3) is 0 Å². The van der Waals surface area contributed by atoms with Crippen LogP contribution in [0.4, 0.5) is 9.80 Å². The predicted molar refractivity (Wildman–Crippen MR) is 128 cm³/mol. The lowest BCUT2D eigenvalue weighted by atomic mass is 10.0. The number of aromatic nitrogens is 2. The van der Waals surface area contributed by atoms with Crippen molar-refractivity contribution in [2.24, 2.45) is 0 Å². The highest BCUT2D eigenvalue weighted by Gasteiger charge is 2.28. The van der Waals surface area contributed by atoms with Gasteiger partial charge in [-0.25, -0.2) is 4.79 Å². The Kier molecular flexibility index (Phi) is 7.50. The zero-order valence-corrected chi connectivity index (χ0v) is 19.7. The summed E-state index contributed by atoms with van der Waals surface area (Å²) >= 11 is 1.35. The number of amides is 2. The molecule has 4 heterocycles. The van der Waals surface area contributed by atoms with Crippen LogP contribution < -0.4 is 5.32 Å². The Morgan fingerprint density at radius 1 is 1.24 bits per heavy atom. The van der Waals surface area contributed by atoms with E-state index in [-0.39, 0.29) is 30.9 Å². The smallest absolute Gasteiger partial charge is 0.410 e. The highest BCUT2D eigenvalue weighted by Crippen LogP contribution is 2.37. The van der Waals surface area contributed by atoms with Crippen LogP contribution in [-0.2, 0) is 28.9 Å². The maximum Gasteiger partial charge on any atom is 0.410 e. The quantitative estimate of drug-likeness (QED) is 0.546. The van der Waals surface area contributed by atoms with Crippen molar-refractivity contribution in [1.29, 1.82) is 5.26 Å². The Balaban J connectivity index is 1.35. The molecule has 0 fully saturated rings. The molecule has 0 saturated heterocycles. The minimum atomic E-state index is -0.386. The van der Waals surface area contributed by atoms with E-state index in [1.54, 1.807) is 17.3 Å². The fraction of sp³-hybridized carbons (Fsp3) is 0.320. The summed E-state index contributed by atoms with van der Waals surface area (Å²) in [7, 11) is 0. The Bertz CT molecular complexity index is 1190. The lowest BCUT2D eigenvalue weighted by Gasteiger charge is -2.26. The second-order valence-corrected chi connectivity index (χ2v) is 9.19. The van der Waals surface area contributed by atoms with Gasteiger partial charge in [-0.1, -0.05) is 19.1 Å². The number of thiophene rings is 1. The summed E-state index contributed by atoms with van der Waals surface area (Å²) in [6.07, 6.45) is 4.39. The van der Waals surface area contributed by atoms with Crippen LogP contribution in [0.3, 0.4) is 0 Å². The molecule has 1 atom stereocenters. The number of ether oxygens (including phenoxy) is 1. The lowest BCUT2D eigenvalue weighted by Crippen LogP contribution is -2.36. The van der Waals surface area contributed by atoms with Crippen molar-refractivity contribution in [3.05, 3.63) is 76.2 Å². The molecule has 1 N–H and O–H groups in total. The predicted octanol–water partition coefficient (Wildman–Crippen LogP) is 4.28. The monoisotopic (exact) mass is 475 g/mol. The van der Waals surface area contributed by atoms with Gasteiger partial charge in [0.15, 0.2) is 0 Å². The lowest BCUT2D eigenvalue weighted by molar-refractivity contribution is -0.116. The standard InChI is InChI=1S/C25H25N5O3S/c1-17(21-7-3-5-11-28-21)14-23(31)29-24-20(15-26)19-8-12-30(16-22(19)34-24)25(32)33-13-9-18-6-2-4-10-27-18/h2-7,10-11,17H,8-9,12-14,16H2,1H3,(H,29,31)/t17-/m0/s1. The first-order valence-electron chi connectivity index (χ1n) is 11.1. The molecule has 0 aliphatic carbocycles. The number of nitrogens with zero attached hydrogens (tertiary/aromatic N) is 4. The fourth-order valence-electron chi connectivity index (χ4n) is 3.87. The zero-order valence-electron chi connectivity index (χ0n) is 18.9. The van der Waals surface area contributed by atoms with Crippen molar-refractivity contribution in [3.8, 4) is 6.07 Å². The maximum atomic E-state index is 12.7. The van der Waals surface area contributed by atoms with Crippen molar-refractivity contribution < 1.29 is 14.3 Å². The fourth-order valence-corrected chi connectivity index (χ4v) is 5.10. The van der Waals surface area contributed by atoms with Crippen LogP contribution >= 0.6 is 11.3 Å². The van der Waals surface area contributed by atoms with E-state index in [2.05, 4.69) is 21.4 Å². The van der Waals surface area contributed by atoms with Gasteiger partial charge in [-0.3, -0.25) is 14.8 Å². The summed E-state index contributed by atoms with van der Waals surface area (Å²) in [4.78, 5) is 36.3. The third kappa shape index (κ3) is 5.58. The van der Waals surface area contributed by atoms with Gasteiger partial charge in [0, 0.05) is 54.0 Å². The van der Waals surface area contributed by atoms with Crippen molar-refractivity contribution in [2.75, 3.05) is 18.5 Å².